The van der Waals surface area contributed by atoms with Crippen molar-refractivity contribution in [1.29, 1.82) is 0 Å². The molecule has 4 amide bonds. The second kappa shape index (κ2) is 13.7. The van der Waals surface area contributed by atoms with Gasteiger partial charge in [0, 0.05) is 17.8 Å². The highest BCUT2D eigenvalue weighted by molar-refractivity contribution is 7.90. The summed E-state index contributed by atoms with van der Waals surface area (Å²) in [5.41, 5.74) is 0.162. The lowest BCUT2D eigenvalue weighted by Crippen LogP contribution is -2.35. The number of carbonyl (C=O) groups excluding carboxylic acids is 2. The average Bonchev–Trinajstić information content (AvgIpc) is 2.98. The molecule has 0 aliphatic heterocycles. The number of urea groups is 2. The minimum atomic E-state index is -4.33. The van der Waals surface area contributed by atoms with Crippen LogP contribution in [0.3, 0.4) is 0 Å². The first-order valence-electron chi connectivity index (χ1n) is 13.6. The Balaban J connectivity index is 1.67. The first kappa shape index (κ1) is 34.1. The fourth-order valence-corrected chi connectivity index (χ4v) is 6.27. The van der Waals surface area contributed by atoms with Gasteiger partial charge in [-0.1, -0.05) is 47.5 Å². The molecule has 0 saturated heterocycles. The number of amides is 4. The second-order valence-electron chi connectivity index (χ2n) is 10.2. The summed E-state index contributed by atoms with van der Waals surface area (Å²) in [6, 6.07) is 16.3. The number of benzene rings is 4. The Labute approximate surface area is 269 Å². The number of anilines is 2. The van der Waals surface area contributed by atoms with Gasteiger partial charge in [-0.15, -0.1) is 0 Å². The highest BCUT2D eigenvalue weighted by Gasteiger charge is 2.25. The monoisotopic (exact) mass is 680 g/mol. The molecule has 4 aromatic rings. The van der Waals surface area contributed by atoms with Gasteiger partial charge in [-0.3, -0.25) is 0 Å². The van der Waals surface area contributed by atoms with Crippen LogP contribution < -0.4 is 20.1 Å². The van der Waals surface area contributed by atoms with Gasteiger partial charge in [-0.05, 0) is 73.5 Å². The number of carboxylic acid groups (broad SMARTS) is 2. The van der Waals surface area contributed by atoms with Crippen molar-refractivity contribution in [3.8, 4) is 0 Å². The van der Waals surface area contributed by atoms with Crippen LogP contribution in [0, 0.1) is 13.8 Å². The number of aryl methyl sites for hydroxylation is 2. The zero-order valence-electron chi connectivity index (χ0n) is 24.8. The van der Waals surface area contributed by atoms with Gasteiger partial charge in [-0.2, -0.15) is 0 Å². The molecule has 244 valence electrons. The summed E-state index contributed by atoms with van der Waals surface area (Å²) in [4.78, 5) is 49.7. The van der Waals surface area contributed by atoms with Crippen molar-refractivity contribution in [2.24, 2.45) is 0 Å². The summed E-state index contributed by atoms with van der Waals surface area (Å²) >= 11 is 0. The summed E-state index contributed by atoms with van der Waals surface area (Å²) in [5, 5.41) is 24.5. The lowest BCUT2D eigenvalue weighted by molar-refractivity contribution is 0.0686. The normalized spacial score (nSPS) is 11.3. The zero-order chi connectivity index (χ0) is 34.5. The van der Waals surface area contributed by atoms with E-state index in [-0.39, 0.29) is 43.4 Å². The second-order valence-corrected chi connectivity index (χ2v) is 13.6. The third kappa shape index (κ3) is 8.30. The molecular weight excluding hydrogens is 652 g/mol. The van der Waals surface area contributed by atoms with Crippen LogP contribution in [-0.2, 0) is 26.5 Å². The predicted molar refractivity (Wildman–Crippen MR) is 171 cm³/mol. The van der Waals surface area contributed by atoms with Gasteiger partial charge in [0.05, 0.1) is 20.9 Å². The van der Waals surface area contributed by atoms with Gasteiger partial charge in [0.2, 0.25) is 0 Å². The maximum absolute atomic E-state index is 12.8. The molecule has 47 heavy (non-hydrogen) atoms. The van der Waals surface area contributed by atoms with Crippen LogP contribution in [0.2, 0.25) is 0 Å². The third-order valence-electron chi connectivity index (χ3n) is 6.78. The Morgan fingerprint density at radius 1 is 0.553 bits per heavy atom. The quantitative estimate of drug-likeness (QED) is 0.139. The highest BCUT2D eigenvalue weighted by Crippen LogP contribution is 2.30. The summed E-state index contributed by atoms with van der Waals surface area (Å²) in [7, 11) is -8.66. The molecule has 0 aliphatic rings. The lowest BCUT2D eigenvalue weighted by atomic mass is 9.93. The molecule has 0 spiro atoms. The van der Waals surface area contributed by atoms with Gasteiger partial charge in [0.25, 0.3) is 20.0 Å². The Morgan fingerprint density at radius 2 is 0.894 bits per heavy atom. The van der Waals surface area contributed by atoms with Crippen LogP contribution in [0.15, 0.2) is 94.7 Å². The van der Waals surface area contributed by atoms with Gasteiger partial charge < -0.3 is 20.8 Å². The average molecular weight is 681 g/mol. The van der Waals surface area contributed by atoms with E-state index < -0.39 is 50.5 Å². The van der Waals surface area contributed by atoms with Crippen molar-refractivity contribution in [2.75, 3.05) is 10.6 Å². The minimum absolute atomic E-state index is 0.146. The molecular formula is C31H28N4O10S2. The van der Waals surface area contributed by atoms with E-state index in [2.05, 4.69) is 10.6 Å². The van der Waals surface area contributed by atoms with Crippen LogP contribution in [0.25, 0.3) is 0 Å². The molecule has 0 heterocycles. The number of carbonyl (C=O) groups is 4. The first-order valence-corrected chi connectivity index (χ1v) is 16.6. The van der Waals surface area contributed by atoms with Gasteiger partial charge in [0.15, 0.2) is 0 Å². The van der Waals surface area contributed by atoms with E-state index in [4.69, 9.17) is 0 Å². The van der Waals surface area contributed by atoms with Crippen molar-refractivity contribution in [3.05, 3.63) is 118 Å². The van der Waals surface area contributed by atoms with Crippen molar-refractivity contribution in [3.63, 3.8) is 0 Å². The maximum atomic E-state index is 12.8. The topological polar surface area (TPSA) is 225 Å². The van der Waals surface area contributed by atoms with Crippen LogP contribution in [0.4, 0.5) is 21.0 Å². The van der Waals surface area contributed by atoms with Crippen LogP contribution in [-0.4, -0.2) is 51.0 Å². The van der Waals surface area contributed by atoms with E-state index in [9.17, 15) is 46.2 Å². The van der Waals surface area contributed by atoms with E-state index in [1.54, 1.807) is 13.8 Å². The fraction of sp³-hybridized carbons (Fsp3) is 0.0968. The molecule has 0 aromatic heterocycles. The molecule has 0 unspecified atom stereocenters. The Morgan fingerprint density at radius 3 is 1.21 bits per heavy atom. The predicted octanol–water partition coefficient (Wildman–Crippen LogP) is 4.31. The van der Waals surface area contributed by atoms with Gasteiger partial charge in [0.1, 0.15) is 0 Å². The third-order valence-corrected chi connectivity index (χ3v) is 9.47. The van der Waals surface area contributed by atoms with E-state index in [0.717, 1.165) is 11.1 Å². The number of hydrogen-bond donors (Lipinski definition) is 6. The number of sulfonamides is 2. The van der Waals surface area contributed by atoms with Crippen molar-refractivity contribution < 1.29 is 46.2 Å². The first-order chi connectivity index (χ1) is 22.1. The molecule has 6 N–H and O–H groups in total. The number of nitrogens with one attached hydrogen (secondary N) is 4. The molecule has 0 atom stereocenters. The Kier molecular flexibility index (Phi) is 9.96. The van der Waals surface area contributed by atoms with E-state index in [0.29, 0.717) is 0 Å². The number of aromatic carboxylic acids is 2. The van der Waals surface area contributed by atoms with E-state index in [1.165, 1.54) is 84.9 Å². The van der Waals surface area contributed by atoms with E-state index >= 15 is 0 Å². The van der Waals surface area contributed by atoms with Crippen LogP contribution in [0.5, 0.6) is 0 Å². The summed E-state index contributed by atoms with van der Waals surface area (Å²) in [6.07, 6.45) is -0.522. The number of hydrogen-bond acceptors (Lipinski definition) is 8. The molecule has 14 nitrogen and oxygen atoms in total. The summed E-state index contributed by atoms with van der Waals surface area (Å²) in [6.45, 7) is 3.49. The van der Waals surface area contributed by atoms with Crippen molar-refractivity contribution in [2.45, 2.75) is 30.1 Å². The molecule has 0 saturated carbocycles. The zero-order valence-corrected chi connectivity index (χ0v) is 26.4. The van der Waals surface area contributed by atoms with Gasteiger partial charge >= 0.3 is 24.0 Å². The van der Waals surface area contributed by atoms with Crippen molar-refractivity contribution in [1.82, 2.24) is 9.44 Å². The maximum Gasteiger partial charge on any atom is 0.336 e. The molecule has 16 heteroatoms. The molecule has 4 aromatic carbocycles. The smallest absolute Gasteiger partial charge is 0.336 e. The molecule has 0 radical (unpaired) electrons. The fourth-order valence-electron chi connectivity index (χ4n) is 4.46. The van der Waals surface area contributed by atoms with E-state index in [1.807, 2.05) is 9.44 Å². The molecule has 4 rings (SSSR count). The van der Waals surface area contributed by atoms with Crippen LogP contribution in [0.1, 0.15) is 43.0 Å². The van der Waals surface area contributed by atoms with Crippen LogP contribution >= 0.6 is 0 Å². The molecule has 0 fully saturated rings. The lowest BCUT2D eigenvalue weighted by Gasteiger charge is -2.18. The minimum Gasteiger partial charge on any atom is -0.478 e. The van der Waals surface area contributed by atoms with Gasteiger partial charge in [-0.25, -0.2) is 45.5 Å². The number of carboxylic acids is 2. The Hall–Kier alpha value is -5.74. The molecule has 0 aliphatic carbocycles. The number of rotatable bonds is 10. The summed E-state index contributed by atoms with van der Waals surface area (Å²) < 4.78 is 54.7. The highest BCUT2D eigenvalue weighted by atomic mass is 32.2. The Bertz CT molecular complexity index is 1950. The molecule has 0 bridgehead atoms. The van der Waals surface area contributed by atoms with Crippen molar-refractivity contribution >= 4 is 55.4 Å². The largest absolute Gasteiger partial charge is 0.478 e. The standard InChI is InChI=1S/C31H28N4O10S2/c1-18-9-13-20(14-10-18)46(42,43)34-30(40)32-26-7-3-5-22(28(36)37)24(26)17-25-23(29(38)39)6-4-8-27(25)33-31(41)35-47(44,45)21-15-11-19(2)12-16-21/h3-16H,17H2,1-2H3,(H,36,37)(H,38,39)(H2,32,34,40)(H2,33,35,41). The summed E-state index contributed by atoms with van der Waals surface area (Å²) in [5.74, 6) is -2.92. The SMILES string of the molecule is Cc1ccc(S(=O)(=O)NC(=O)Nc2cccc(C(=O)O)c2Cc2c(NC(=O)NS(=O)(=O)c3ccc(C)cc3)cccc2C(=O)O)cc1.